The molecule has 2 fully saturated rings. The summed E-state index contributed by atoms with van der Waals surface area (Å²) in [5.41, 5.74) is 1.32. The van der Waals surface area contributed by atoms with Crippen LogP contribution in [-0.4, -0.2) is 5.11 Å². The second-order valence-corrected chi connectivity index (χ2v) is 5.40. The zero-order valence-electron chi connectivity index (χ0n) is 8.62. The van der Waals surface area contributed by atoms with E-state index in [1.165, 1.54) is 31.2 Å². The molecule has 1 aromatic carbocycles. The van der Waals surface area contributed by atoms with E-state index in [9.17, 15) is 5.11 Å². The quantitative estimate of drug-likeness (QED) is 0.763. The Balaban J connectivity index is 1.90. The molecule has 0 amide bonds. The highest BCUT2D eigenvalue weighted by atomic mass is 35.5. The van der Waals surface area contributed by atoms with Crippen LogP contribution in [0.3, 0.4) is 0 Å². The molecule has 0 heterocycles. The van der Waals surface area contributed by atoms with E-state index in [4.69, 9.17) is 11.6 Å². The van der Waals surface area contributed by atoms with E-state index in [2.05, 4.69) is 0 Å². The number of aromatic hydroxyl groups is 1. The molecule has 2 heteroatoms. The Kier molecular flexibility index (Phi) is 2.17. The zero-order valence-corrected chi connectivity index (χ0v) is 9.37. The van der Waals surface area contributed by atoms with Crippen LogP contribution < -0.4 is 0 Å². The molecule has 2 saturated carbocycles. The molecule has 2 bridgehead atoms. The van der Waals surface area contributed by atoms with E-state index in [0.29, 0.717) is 10.9 Å². The molecule has 3 atom stereocenters. The summed E-state index contributed by atoms with van der Waals surface area (Å²) in [7, 11) is 0. The topological polar surface area (TPSA) is 20.2 Å². The van der Waals surface area contributed by atoms with E-state index in [1.54, 1.807) is 6.07 Å². The molecule has 1 N–H and O–H groups in total. The first-order chi connectivity index (χ1) is 7.24. The van der Waals surface area contributed by atoms with Crippen LogP contribution in [0.5, 0.6) is 5.75 Å². The van der Waals surface area contributed by atoms with E-state index in [0.717, 1.165) is 11.8 Å². The molecule has 0 aliphatic heterocycles. The zero-order chi connectivity index (χ0) is 10.4. The standard InChI is InChI=1S/C13H15ClO/c14-12-7-10(3-4-13(12)15)11-6-8-1-2-9(11)5-8/h3-4,7-9,11,15H,1-2,5-6H2. The maximum Gasteiger partial charge on any atom is 0.134 e. The van der Waals surface area contributed by atoms with Gasteiger partial charge in [-0.2, -0.15) is 0 Å². The van der Waals surface area contributed by atoms with Gasteiger partial charge in [0.1, 0.15) is 5.75 Å². The minimum Gasteiger partial charge on any atom is -0.506 e. The minimum atomic E-state index is 0.198. The smallest absolute Gasteiger partial charge is 0.134 e. The Morgan fingerprint density at radius 1 is 1.20 bits per heavy atom. The summed E-state index contributed by atoms with van der Waals surface area (Å²) in [4.78, 5) is 0. The van der Waals surface area contributed by atoms with Crippen molar-refractivity contribution < 1.29 is 5.11 Å². The minimum absolute atomic E-state index is 0.198. The molecule has 3 unspecified atom stereocenters. The lowest BCUT2D eigenvalue weighted by Crippen LogP contribution is -2.08. The van der Waals surface area contributed by atoms with E-state index < -0.39 is 0 Å². The molecule has 0 spiro atoms. The van der Waals surface area contributed by atoms with Gasteiger partial charge >= 0.3 is 0 Å². The number of rotatable bonds is 1. The van der Waals surface area contributed by atoms with Crippen LogP contribution >= 0.6 is 11.6 Å². The molecule has 0 saturated heterocycles. The summed E-state index contributed by atoms with van der Waals surface area (Å²) in [6, 6.07) is 5.71. The molecule has 0 aromatic heterocycles. The normalized spacial score (nSPS) is 33.5. The summed E-state index contributed by atoms with van der Waals surface area (Å²) in [6.07, 6.45) is 5.54. The molecular weight excluding hydrogens is 208 g/mol. The summed E-state index contributed by atoms with van der Waals surface area (Å²) < 4.78 is 0. The first-order valence-corrected chi connectivity index (χ1v) is 6.10. The van der Waals surface area contributed by atoms with Gasteiger partial charge in [0.2, 0.25) is 0 Å². The number of phenols is 1. The van der Waals surface area contributed by atoms with E-state index in [1.807, 2.05) is 12.1 Å². The highest BCUT2D eigenvalue weighted by Crippen LogP contribution is 2.53. The fourth-order valence-corrected chi connectivity index (χ4v) is 3.60. The number of benzene rings is 1. The summed E-state index contributed by atoms with van der Waals surface area (Å²) >= 11 is 5.94. The van der Waals surface area contributed by atoms with Crippen LogP contribution in [0.15, 0.2) is 18.2 Å². The molecule has 15 heavy (non-hydrogen) atoms. The van der Waals surface area contributed by atoms with Crippen molar-refractivity contribution in [1.82, 2.24) is 0 Å². The second kappa shape index (κ2) is 3.41. The highest BCUT2D eigenvalue weighted by molar-refractivity contribution is 6.32. The number of phenolic OH excluding ortho intramolecular Hbond substituents is 1. The molecule has 2 aliphatic rings. The predicted octanol–water partition coefficient (Wildman–Crippen LogP) is 3.95. The molecule has 3 rings (SSSR count). The largest absolute Gasteiger partial charge is 0.506 e. The van der Waals surface area contributed by atoms with Gasteiger partial charge < -0.3 is 5.11 Å². The fraction of sp³-hybridized carbons (Fsp3) is 0.538. The number of hydrogen-bond acceptors (Lipinski definition) is 1. The third-order valence-electron chi connectivity index (χ3n) is 4.14. The van der Waals surface area contributed by atoms with Gasteiger partial charge in [0.05, 0.1) is 5.02 Å². The van der Waals surface area contributed by atoms with Crippen LogP contribution in [0.25, 0.3) is 0 Å². The summed E-state index contributed by atoms with van der Waals surface area (Å²) in [6.45, 7) is 0. The van der Waals surface area contributed by atoms with Crippen molar-refractivity contribution in [2.75, 3.05) is 0 Å². The SMILES string of the molecule is Oc1ccc(C2CC3CCC2C3)cc1Cl. The Morgan fingerprint density at radius 2 is 2.07 bits per heavy atom. The predicted molar refractivity (Wildman–Crippen MR) is 61.3 cm³/mol. The van der Waals surface area contributed by atoms with Crippen LogP contribution in [0.2, 0.25) is 5.02 Å². The van der Waals surface area contributed by atoms with Crippen molar-refractivity contribution in [2.45, 2.75) is 31.6 Å². The monoisotopic (exact) mass is 222 g/mol. The fourth-order valence-electron chi connectivity index (χ4n) is 3.41. The van der Waals surface area contributed by atoms with Gasteiger partial charge in [-0.15, -0.1) is 0 Å². The maximum absolute atomic E-state index is 9.39. The van der Waals surface area contributed by atoms with Crippen molar-refractivity contribution in [3.05, 3.63) is 28.8 Å². The van der Waals surface area contributed by atoms with Crippen molar-refractivity contribution in [3.63, 3.8) is 0 Å². The Hall–Kier alpha value is -0.690. The van der Waals surface area contributed by atoms with Gasteiger partial charge in [0, 0.05) is 0 Å². The second-order valence-electron chi connectivity index (χ2n) is 4.99. The number of halogens is 1. The van der Waals surface area contributed by atoms with Crippen LogP contribution in [0.1, 0.15) is 37.2 Å². The van der Waals surface area contributed by atoms with Crippen molar-refractivity contribution in [1.29, 1.82) is 0 Å². The highest BCUT2D eigenvalue weighted by Gasteiger charge is 2.40. The lowest BCUT2D eigenvalue weighted by molar-refractivity contribution is 0.419. The van der Waals surface area contributed by atoms with Gasteiger partial charge in [-0.05, 0) is 54.7 Å². The third-order valence-corrected chi connectivity index (χ3v) is 4.44. The Bertz CT molecular complexity index is 388. The first-order valence-electron chi connectivity index (χ1n) is 5.72. The van der Waals surface area contributed by atoms with Crippen LogP contribution in [0.4, 0.5) is 0 Å². The molecule has 0 radical (unpaired) electrons. The van der Waals surface area contributed by atoms with Gasteiger partial charge in [-0.25, -0.2) is 0 Å². The number of hydrogen-bond donors (Lipinski definition) is 1. The molecule has 1 nitrogen and oxygen atoms in total. The van der Waals surface area contributed by atoms with E-state index in [-0.39, 0.29) is 5.75 Å². The summed E-state index contributed by atoms with van der Waals surface area (Å²) in [5, 5.41) is 9.88. The average Bonchev–Trinajstić information content (AvgIpc) is 2.83. The van der Waals surface area contributed by atoms with Crippen molar-refractivity contribution in [3.8, 4) is 5.75 Å². The van der Waals surface area contributed by atoms with Crippen molar-refractivity contribution >= 4 is 11.6 Å². The van der Waals surface area contributed by atoms with Crippen LogP contribution in [-0.2, 0) is 0 Å². The van der Waals surface area contributed by atoms with Gasteiger partial charge in [-0.1, -0.05) is 24.1 Å². The van der Waals surface area contributed by atoms with Crippen molar-refractivity contribution in [2.24, 2.45) is 11.8 Å². The lowest BCUT2D eigenvalue weighted by atomic mass is 9.83. The third kappa shape index (κ3) is 1.53. The summed E-state index contributed by atoms with van der Waals surface area (Å²) in [5.74, 6) is 2.72. The Labute approximate surface area is 95.1 Å². The Morgan fingerprint density at radius 3 is 2.67 bits per heavy atom. The van der Waals surface area contributed by atoms with Crippen LogP contribution in [0, 0.1) is 11.8 Å². The lowest BCUT2D eigenvalue weighted by Gasteiger charge is -2.22. The number of fused-ring (bicyclic) bond motifs is 2. The molecule has 2 aliphatic carbocycles. The molecule has 1 aromatic rings. The molecule has 80 valence electrons. The first kappa shape index (κ1) is 9.53. The van der Waals surface area contributed by atoms with Gasteiger partial charge in [-0.3, -0.25) is 0 Å². The van der Waals surface area contributed by atoms with Gasteiger partial charge in [0.25, 0.3) is 0 Å². The molecular formula is C13H15ClO. The average molecular weight is 223 g/mol. The maximum atomic E-state index is 9.39. The van der Waals surface area contributed by atoms with Gasteiger partial charge in [0.15, 0.2) is 0 Å². The van der Waals surface area contributed by atoms with E-state index >= 15 is 0 Å².